The Morgan fingerprint density at radius 3 is 2.60 bits per heavy atom. The van der Waals surface area contributed by atoms with Gasteiger partial charge < -0.3 is 5.32 Å². The lowest BCUT2D eigenvalue weighted by molar-refractivity contribution is 0.0938. The van der Waals surface area contributed by atoms with Gasteiger partial charge in [0.2, 0.25) is 0 Å². The van der Waals surface area contributed by atoms with E-state index in [1.54, 1.807) is 0 Å². The number of rotatable bonds is 4. The second-order valence-electron chi connectivity index (χ2n) is 4.71. The Balaban J connectivity index is 2.23. The van der Waals surface area contributed by atoms with E-state index in [1.165, 1.54) is 0 Å². The third kappa shape index (κ3) is 3.51. The quantitative estimate of drug-likeness (QED) is 0.812. The number of hydrogen-bond acceptors (Lipinski definition) is 3. The lowest BCUT2D eigenvalue weighted by Crippen LogP contribution is -2.32. The Morgan fingerprint density at radius 1 is 1.45 bits per heavy atom. The molecule has 0 aliphatic heterocycles. The van der Waals surface area contributed by atoms with Crippen molar-refractivity contribution in [2.75, 3.05) is 6.54 Å². The second-order valence-corrected chi connectivity index (χ2v) is 8.10. The topological polar surface area (TPSA) is 63.2 Å². The Kier molecular flexibility index (Phi) is 4.71. The number of nitrogens with one attached hydrogen (secondary N) is 1. The van der Waals surface area contributed by atoms with Crippen LogP contribution in [0.15, 0.2) is 21.5 Å². The minimum Gasteiger partial charge on any atom is -0.352 e. The summed E-state index contributed by atoms with van der Waals surface area (Å²) in [5, 5.41) is 2.71. The molecule has 0 radical (unpaired) electrons. The van der Waals surface area contributed by atoms with Gasteiger partial charge in [-0.25, -0.2) is 12.8 Å². The summed E-state index contributed by atoms with van der Waals surface area (Å²) in [6.07, 6.45) is 3.31. The van der Waals surface area contributed by atoms with Crippen molar-refractivity contribution < 1.29 is 17.6 Å². The van der Waals surface area contributed by atoms with Crippen LogP contribution in [-0.4, -0.2) is 20.9 Å². The van der Waals surface area contributed by atoms with Crippen LogP contribution >= 0.6 is 26.6 Å². The smallest absolute Gasteiger partial charge is 0.264 e. The molecular formula is C12H12BrClFNO3S. The number of halogens is 3. The molecule has 8 heteroatoms. The molecule has 20 heavy (non-hydrogen) atoms. The fourth-order valence-electron chi connectivity index (χ4n) is 1.92. The van der Waals surface area contributed by atoms with Gasteiger partial charge >= 0.3 is 0 Å². The van der Waals surface area contributed by atoms with Crippen LogP contribution in [0.1, 0.15) is 29.6 Å². The number of amides is 1. The molecule has 1 aliphatic carbocycles. The van der Waals surface area contributed by atoms with Crippen LogP contribution in [0.25, 0.3) is 0 Å². The van der Waals surface area contributed by atoms with E-state index in [0.29, 0.717) is 12.5 Å². The normalized spacial score (nSPS) is 15.8. The van der Waals surface area contributed by atoms with Gasteiger partial charge in [-0.05, 0) is 46.8 Å². The summed E-state index contributed by atoms with van der Waals surface area (Å²) in [7, 11) is 0.902. The van der Waals surface area contributed by atoms with Gasteiger partial charge in [-0.3, -0.25) is 4.79 Å². The Labute approximate surface area is 129 Å². The van der Waals surface area contributed by atoms with Crippen molar-refractivity contribution in [3.8, 4) is 0 Å². The van der Waals surface area contributed by atoms with Gasteiger partial charge in [0.25, 0.3) is 15.0 Å². The standard InChI is InChI=1S/C12H12BrClFNO3S/c13-9-5-10(15)11(20(14,18)19)4-8(9)12(17)16-6-7-2-1-3-7/h4-5,7H,1-3,6H2,(H,16,17). The minimum absolute atomic E-state index is 0.0462. The molecule has 1 N–H and O–H groups in total. The highest BCUT2D eigenvalue weighted by molar-refractivity contribution is 9.10. The number of carbonyl (C=O) groups excluding carboxylic acids is 1. The fourth-order valence-corrected chi connectivity index (χ4v) is 3.32. The molecule has 0 saturated heterocycles. The van der Waals surface area contributed by atoms with Crippen molar-refractivity contribution in [2.45, 2.75) is 24.2 Å². The Hall–Kier alpha value is -0.660. The van der Waals surface area contributed by atoms with E-state index < -0.39 is 25.7 Å². The van der Waals surface area contributed by atoms with Gasteiger partial charge in [0, 0.05) is 21.7 Å². The molecule has 0 atom stereocenters. The molecule has 1 fully saturated rings. The van der Waals surface area contributed by atoms with Crippen molar-refractivity contribution in [2.24, 2.45) is 5.92 Å². The highest BCUT2D eigenvalue weighted by atomic mass is 79.9. The van der Waals surface area contributed by atoms with Crippen molar-refractivity contribution >= 4 is 41.6 Å². The van der Waals surface area contributed by atoms with Gasteiger partial charge in [-0.1, -0.05) is 6.42 Å². The lowest BCUT2D eigenvalue weighted by atomic mass is 9.85. The molecule has 4 nitrogen and oxygen atoms in total. The monoisotopic (exact) mass is 383 g/mol. The molecule has 1 aromatic rings. The zero-order chi connectivity index (χ0) is 14.9. The first kappa shape index (κ1) is 15.7. The van der Waals surface area contributed by atoms with E-state index in [1.807, 2.05) is 0 Å². The largest absolute Gasteiger partial charge is 0.352 e. The molecule has 2 rings (SSSR count). The number of hydrogen-bond donors (Lipinski definition) is 1. The zero-order valence-corrected chi connectivity index (χ0v) is 13.5. The molecule has 0 bridgehead atoms. The molecule has 0 spiro atoms. The van der Waals surface area contributed by atoms with Gasteiger partial charge in [-0.2, -0.15) is 0 Å². The SMILES string of the molecule is O=C(NCC1CCC1)c1cc(S(=O)(=O)Cl)c(F)cc1Br. The summed E-state index contributed by atoms with van der Waals surface area (Å²) in [5.74, 6) is -0.984. The average Bonchev–Trinajstić information content (AvgIpc) is 2.24. The predicted octanol–water partition coefficient (Wildman–Crippen LogP) is 3.05. The van der Waals surface area contributed by atoms with E-state index in [2.05, 4.69) is 21.2 Å². The first-order chi connectivity index (χ1) is 9.29. The van der Waals surface area contributed by atoms with Crippen LogP contribution in [-0.2, 0) is 9.05 Å². The van der Waals surface area contributed by atoms with Crippen LogP contribution in [0.3, 0.4) is 0 Å². The fraction of sp³-hybridized carbons (Fsp3) is 0.417. The van der Waals surface area contributed by atoms with Gasteiger partial charge in [0.05, 0.1) is 5.56 Å². The predicted molar refractivity (Wildman–Crippen MR) is 76.8 cm³/mol. The average molecular weight is 385 g/mol. The van der Waals surface area contributed by atoms with Crippen molar-refractivity contribution in [3.05, 3.63) is 28.0 Å². The molecule has 1 amide bonds. The summed E-state index contributed by atoms with van der Waals surface area (Å²) in [6.45, 7) is 0.533. The molecule has 1 saturated carbocycles. The minimum atomic E-state index is -4.23. The van der Waals surface area contributed by atoms with E-state index in [9.17, 15) is 17.6 Å². The van der Waals surface area contributed by atoms with Crippen molar-refractivity contribution in [1.29, 1.82) is 0 Å². The third-order valence-corrected chi connectivity index (χ3v) is 5.30. The summed E-state index contributed by atoms with van der Waals surface area (Å²) >= 11 is 3.05. The molecule has 1 aromatic carbocycles. The van der Waals surface area contributed by atoms with E-state index in [0.717, 1.165) is 31.4 Å². The van der Waals surface area contributed by atoms with E-state index in [-0.39, 0.29) is 10.0 Å². The molecule has 0 aromatic heterocycles. The molecular weight excluding hydrogens is 373 g/mol. The van der Waals surface area contributed by atoms with Crippen LogP contribution < -0.4 is 5.32 Å². The van der Waals surface area contributed by atoms with Crippen LogP contribution in [0, 0.1) is 11.7 Å². The Morgan fingerprint density at radius 2 is 2.10 bits per heavy atom. The second kappa shape index (κ2) is 5.99. The Bertz CT molecular complexity index is 646. The van der Waals surface area contributed by atoms with Gasteiger partial charge in [0.1, 0.15) is 10.7 Å². The van der Waals surface area contributed by atoms with E-state index >= 15 is 0 Å². The molecule has 1 aliphatic rings. The molecule has 0 heterocycles. The van der Waals surface area contributed by atoms with E-state index in [4.69, 9.17) is 10.7 Å². The summed E-state index contributed by atoms with van der Waals surface area (Å²) in [4.78, 5) is 11.3. The van der Waals surface area contributed by atoms with Crippen molar-refractivity contribution in [3.63, 3.8) is 0 Å². The summed E-state index contributed by atoms with van der Waals surface area (Å²) in [5.41, 5.74) is 0.0462. The maximum atomic E-state index is 13.5. The van der Waals surface area contributed by atoms with Gasteiger partial charge in [0.15, 0.2) is 0 Å². The first-order valence-electron chi connectivity index (χ1n) is 6.01. The maximum absolute atomic E-state index is 13.5. The van der Waals surface area contributed by atoms with Crippen LogP contribution in [0.4, 0.5) is 4.39 Å². The lowest BCUT2D eigenvalue weighted by Gasteiger charge is -2.25. The zero-order valence-electron chi connectivity index (χ0n) is 10.3. The third-order valence-electron chi connectivity index (χ3n) is 3.30. The van der Waals surface area contributed by atoms with Crippen LogP contribution in [0.5, 0.6) is 0 Å². The highest BCUT2D eigenvalue weighted by Crippen LogP contribution is 2.28. The van der Waals surface area contributed by atoms with Crippen LogP contribution in [0.2, 0.25) is 0 Å². The van der Waals surface area contributed by atoms with Crippen molar-refractivity contribution in [1.82, 2.24) is 5.32 Å². The summed E-state index contributed by atoms with van der Waals surface area (Å²) in [6, 6.07) is 1.87. The number of benzene rings is 1. The maximum Gasteiger partial charge on any atom is 0.264 e. The number of carbonyl (C=O) groups is 1. The summed E-state index contributed by atoms with van der Waals surface area (Å²) < 4.78 is 36.2. The van der Waals surface area contributed by atoms with Gasteiger partial charge in [-0.15, -0.1) is 0 Å². The first-order valence-corrected chi connectivity index (χ1v) is 9.11. The highest BCUT2D eigenvalue weighted by Gasteiger charge is 2.23. The molecule has 0 unspecified atom stereocenters. The molecule has 110 valence electrons.